The van der Waals surface area contributed by atoms with Crippen LogP contribution in [0.4, 0.5) is 13.2 Å². The van der Waals surface area contributed by atoms with Crippen LogP contribution in [0.25, 0.3) is 11.3 Å². The number of hydrogen-bond acceptors (Lipinski definition) is 5. The van der Waals surface area contributed by atoms with Gasteiger partial charge in [0.15, 0.2) is 18.3 Å². The number of ether oxygens (including phenoxy) is 2. The van der Waals surface area contributed by atoms with E-state index in [-0.39, 0.29) is 24.6 Å². The first-order valence-electron chi connectivity index (χ1n) is 9.47. The van der Waals surface area contributed by atoms with Gasteiger partial charge in [0, 0.05) is 24.9 Å². The number of oxazole rings is 1. The highest BCUT2D eigenvalue weighted by Crippen LogP contribution is 2.23. The van der Waals surface area contributed by atoms with Crippen molar-refractivity contribution in [1.29, 1.82) is 0 Å². The fourth-order valence-corrected chi connectivity index (χ4v) is 2.73. The number of carbonyl (C=O) groups excluding carboxylic acids is 1. The molecule has 1 aromatic heterocycles. The van der Waals surface area contributed by atoms with Gasteiger partial charge >= 0.3 is 6.18 Å². The largest absolute Gasteiger partial charge is 0.497 e. The monoisotopic (exact) mass is 434 g/mol. The van der Waals surface area contributed by atoms with Crippen molar-refractivity contribution >= 4 is 5.91 Å². The number of methoxy groups -OCH3 is 1. The number of alkyl halides is 3. The molecule has 3 aromatic rings. The van der Waals surface area contributed by atoms with E-state index in [9.17, 15) is 18.0 Å². The Balaban J connectivity index is 1.46. The maximum absolute atomic E-state index is 12.2. The molecule has 0 spiro atoms. The molecule has 31 heavy (non-hydrogen) atoms. The van der Waals surface area contributed by atoms with Crippen LogP contribution in [0.2, 0.25) is 0 Å². The molecule has 164 valence electrons. The molecular formula is C22H21F3N2O4. The van der Waals surface area contributed by atoms with Crippen LogP contribution in [0, 0.1) is 0 Å². The lowest BCUT2D eigenvalue weighted by Crippen LogP contribution is -2.23. The zero-order valence-corrected chi connectivity index (χ0v) is 16.7. The summed E-state index contributed by atoms with van der Waals surface area (Å²) in [6, 6.07) is 13.5. The molecule has 1 heterocycles. The molecule has 2 aromatic carbocycles. The Morgan fingerprint density at radius 1 is 1.13 bits per heavy atom. The summed E-state index contributed by atoms with van der Waals surface area (Å²) in [6.45, 7) is -1.19. The normalized spacial score (nSPS) is 11.2. The van der Waals surface area contributed by atoms with Gasteiger partial charge in [-0.05, 0) is 42.0 Å². The summed E-state index contributed by atoms with van der Waals surface area (Å²) in [6.07, 6.45) is -2.33. The van der Waals surface area contributed by atoms with Crippen molar-refractivity contribution in [3.8, 4) is 22.8 Å². The Labute approximate surface area is 177 Å². The van der Waals surface area contributed by atoms with Crippen LogP contribution < -0.4 is 14.8 Å². The van der Waals surface area contributed by atoms with Gasteiger partial charge < -0.3 is 19.2 Å². The van der Waals surface area contributed by atoms with Crippen LogP contribution in [-0.2, 0) is 17.8 Å². The number of rotatable bonds is 9. The minimum atomic E-state index is -4.41. The third-order valence-electron chi connectivity index (χ3n) is 4.28. The van der Waals surface area contributed by atoms with Crippen LogP contribution in [-0.4, -0.2) is 30.8 Å². The van der Waals surface area contributed by atoms with Crippen LogP contribution in [0.3, 0.4) is 0 Å². The number of halogens is 3. The second-order valence-electron chi connectivity index (χ2n) is 6.67. The molecule has 0 aliphatic heterocycles. The quantitative estimate of drug-likeness (QED) is 0.535. The molecule has 9 heteroatoms. The van der Waals surface area contributed by atoms with Crippen molar-refractivity contribution in [3.05, 3.63) is 66.2 Å². The Hall–Kier alpha value is -3.49. The SMILES string of the molecule is COc1ccc(-c2cnc(CCC(=O)NCc3cccc(OCC(F)(F)F)c3)o2)cc1. The van der Waals surface area contributed by atoms with E-state index in [1.807, 2.05) is 24.3 Å². The Kier molecular flexibility index (Phi) is 7.17. The molecule has 0 aliphatic carbocycles. The van der Waals surface area contributed by atoms with E-state index in [4.69, 9.17) is 13.9 Å². The maximum atomic E-state index is 12.2. The average molecular weight is 434 g/mol. The topological polar surface area (TPSA) is 73.6 Å². The second kappa shape index (κ2) is 10.0. The van der Waals surface area contributed by atoms with Gasteiger partial charge in [-0.1, -0.05) is 12.1 Å². The molecule has 0 aliphatic rings. The highest BCUT2D eigenvalue weighted by molar-refractivity contribution is 5.76. The molecule has 0 unspecified atom stereocenters. The fourth-order valence-electron chi connectivity index (χ4n) is 2.73. The molecule has 0 atom stereocenters. The lowest BCUT2D eigenvalue weighted by Gasteiger charge is -2.10. The molecule has 0 saturated heterocycles. The van der Waals surface area contributed by atoms with Crippen molar-refractivity contribution in [3.63, 3.8) is 0 Å². The fraction of sp³-hybridized carbons (Fsp3) is 0.273. The zero-order chi connectivity index (χ0) is 22.3. The van der Waals surface area contributed by atoms with Crippen molar-refractivity contribution in [2.75, 3.05) is 13.7 Å². The summed E-state index contributed by atoms with van der Waals surface area (Å²) in [5, 5.41) is 2.72. The average Bonchev–Trinajstić information content (AvgIpc) is 3.24. The minimum Gasteiger partial charge on any atom is -0.497 e. The van der Waals surface area contributed by atoms with Gasteiger partial charge in [-0.25, -0.2) is 4.98 Å². The van der Waals surface area contributed by atoms with E-state index >= 15 is 0 Å². The molecule has 3 rings (SSSR count). The van der Waals surface area contributed by atoms with Crippen LogP contribution in [0.15, 0.2) is 59.1 Å². The summed E-state index contributed by atoms with van der Waals surface area (Å²) in [4.78, 5) is 16.3. The maximum Gasteiger partial charge on any atom is 0.422 e. The first kappa shape index (κ1) is 22.2. The Morgan fingerprint density at radius 2 is 1.90 bits per heavy atom. The Bertz CT molecular complexity index is 1000. The third kappa shape index (κ3) is 7.06. The standard InChI is InChI=1S/C22H21F3N2O4/c1-29-17-7-5-16(6-8-17)19-13-27-21(31-19)10-9-20(28)26-12-15-3-2-4-18(11-15)30-14-22(23,24)25/h2-8,11,13H,9-10,12,14H2,1H3,(H,26,28). The van der Waals surface area contributed by atoms with Crippen molar-refractivity contribution in [2.45, 2.75) is 25.6 Å². The lowest BCUT2D eigenvalue weighted by molar-refractivity contribution is -0.153. The van der Waals surface area contributed by atoms with Gasteiger partial charge in [0.1, 0.15) is 11.5 Å². The molecule has 0 radical (unpaired) electrons. The summed E-state index contributed by atoms with van der Waals surface area (Å²) in [5.74, 6) is 1.62. The van der Waals surface area contributed by atoms with E-state index in [2.05, 4.69) is 10.3 Å². The van der Waals surface area contributed by atoms with Gasteiger partial charge in [0.25, 0.3) is 0 Å². The number of nitrogens with one attached hydrogen (secondary N) is 1. The highest BCUT2D eigenvalue weighted by atomic mass is 19.4. The molecule has 1 N–H and O–H groups in total. The van der Waals surface area contributed by atoms with Crippen molar-refractivity contribution < 1.29 is 31.9 Å². The summed E-state index contributed by atoms with van der Waals surface area (Å²) in [7, 11) is 1.59. The first-order valence-corrected chi connectivity index (χ1v) is 9.47. The van der Waals surface area contributed by atoms with Crippen molar-refractivity contribution in [1.82, 2.24) is 10.3 Å². The molecule has 0 saturated carbocycles. The van der Waals surface area contributed by atoms with Gasteiger partial charge in [-0.3, -0.25) is 4.79 Å². The predicted molar refractivity (Wildman–Crippen MR) is 107 cm³/mol. The van der Waals surface area contributed by atoms with E-state index in [0.29, 0.717) is 23.6 Å². The van der Waals surface area contributed by atoms with E-state index in [1.165, 1.54) is 12.1 Å². The number of benzene rings is 2. The molecular weight excluding hydrogens is 413 g/mol. The number of hydrogen-bond donors (Lipinski definition) is 1. The molecule has 1 amide bonds. The number of nitrogens with zero attached hydrogens (tertiary/aromatic N) is 1. The predicted octanol–water partition coefficient (Wildman–Crippen LogP) is 4.54. The van der Waals surface area contributed by atoms with Gasteiger partial charge in [0.05, 0.1) is 13.3 Å². The van der Waals surface area contributed by atoms with E-state index < -0.39 is 12.8 Å². The molecule has 0 fully saturated rings. The summed E-state index contributed by atoms with van der Waals surface area (Å²) < 4.78 is 52.3. The van der Waals surface area contributed by atoms with Crippen LogP contribution in [0.5, 0.6) is 11.5 Å². The van der Waals surface area contributed by atoms with Crippen molar-refractivity contribution in [2.24, 2.45) is 0 Å². The summed E-state index contributed by atoms with van der Waals surface area (Å²) in [5.41, 5.74) is 1.47. The van der Waals surface area contributed by atoms with Crippen LogP contribution in [0.1, 0.15) is 17.9 Å². The number of carbonyl (C=O) groups is 1. The number of amides is 1. The van der Waals surface area contributed by atoms with Gasteiger partial charge in [-0.15, -0.1) is 0 Å². The van der Waals surface area contributed by atoms with E-state index in [1.54, 1.807) is 25.4 Å². The molecule has 0 bridgehead atoms. The Morgan fingerprint density at radius 3 is 2.61 bits per heavy atom. The van der Waals surface area contributed by atoms with Crippen LogP contribution >= 0.6 is 0 Å². The smallest absolute Gasteiger partial charge is 0.422 e. The van der Waals surface area contributed by atoms with Gasteiger partial charge in [-0.2, -0.15) is 13.2 Å². The van der Waals surface area contributed by atoms with E-state index in [0.717, 1.165) is 11.3 Å². The highest BCUT2D eigenvalue weighted by Gasteiger charge is 2.28. The number of aromatic nitrogens is 1. The molecule has 6 nitrogen and oxygen atoms in total. The second-order valence-corrected chi connectivity index (χ2v) is 6.67. The summed E-state index contributed by atoms with van der Waals surface area (Å²) >= 11 is 0. The first-order chi connectivity index (χ1) is 14.8. The minimum absolute atomic E-state index is 0.0925. The van der Waals surface area contributed by atoms with Gasteiger partial charge in [0.2, 0.25) is 5.91 Å². The number of aryl methyl sites for hydroxylation is 1. The lowest BCUT2D eigenvalue weighted by atomic mass is 10.2. The third-order valence-corrected chi connectivity index (χ3v) is 4.28. The zero-order valence-electron chi connectivity index (χ0n) is 16.7.